The van der Waals surface area contributed by atoms with Crippen molar-refractivity contribution in [2.75, 3.05) is 12.0 Å². The van der Waals surface area contributed by atoms with Crippen LogP contribution in [0.3, 0.4) is 0 Å². The Bertz CT molecular complexity index is 1150. The average molecular weight is 488 g/mol. The molecule has 0 bridgehead atoms. The molecule has 3 aromatic rings. The van der Waals surface area contributed by atoms with Gasteiger partial charge in [0.25, 0.3) is 0 Å². The third kappa shape index (κ3) is 6.45. The number of amides is 1. The predicted octanol–water partition coefficient (Wildman–Crippen LogP) is 7.44. The van der Waals surface area contributed by atoms with Gasteiger partial charge in [0, 0.05) is 12.6 Å². The number of rotatable bonds is 7. The molecular weight excluding hydrogens is 454 g/mol. The van der Waals surface area contributed by atoms with Crippen molar-refractivity contribution in [1.82, 2.24) is 0 Å². The van der Waals surface area contributed by atoms with Crippen LogP contribution in [0.4, 0.5) is 11.4 Å². The van der Waals surface area contributed by atoms with Crippen molar-refractivity contribution in [3.05, 3.63) is 78.4 Å². The summed E-state index contributed by atoms with van der Waals surface area (Å²) in [6.45, 7) is 1.46. The number of carbonyl (C=O) groups is 2. The van der Waals surface area contributed by atoms with Crippen molar-refractivity contribution < 1.29 is 23.8 Å². The quantitative estimate of drug-likeness (QED) is 0.324. The molecule has 1 aliphatic carbocycles. The first-order chi connectivity index (χ1) is 17.5. The Morgan fingerprint density at radius 1 is 0.750 bits per heavy atom. The van der Waals surface area contributed by atoms with E-state index in [2.05, 4.69) is 0 Å². The van der Waals surface area contributed by atoms with Gasteiger partial charge >= 0.3 is 5.97 Å². The normalized spacial score (nSPS) is 14.3. The second-order valence-corrected chi connectivity index (χ2v) is 9.02. The van der Waals surface area contributed by atoms with E-state index in [0.717, 1.165) is 18.6 Å². The zero-order chi connectivity index (χ0) is 25.3. The van der Waals surface area contributed by atoms with E-state index in [-0.39, 0.29) is 12.0 Å². The molecule has 0 radical (unpaired) electrons. The van der Waals surface area contributed by atoms with E-state index in [9.17, 15) is 9.59 Å². The SMILES string of the molecule is COC(=O)c1ccccc1N(C(C)=O)c1ccc(Oc2ccc(OC3CCCCCCC3)cc2)cc1. The average Bonchev–Trinajstić information content (AvgIpc) is 2.87. The van der Waals surface area contributed by atoms with Gasteiger partial charge in [-0.1, -0.05) is 31.4 Å². The van der Waals surface area contributed by atoms with Crippen LogP contribution in [0, 0.1) is 0 Å². The highest BCUT2D eigenvalue weighted by Crippen LogP contribution is 2.32. The summed E-state index contributed by atoms with van der Waals surface area (Å²) in [5.41, 5.74) is 1.40. The summed E-state index contributed by atoms with van der Waals surface area (Å²) in [5.74, 6) is 1.48. The first kappa shape index (κ1) is 25.3. The maximum absolute atomic E-state index is 12.5. The Hall–Kier alpha value is -3.80. The molecule has 0 unspecified atom stereocenters. The van der Waals surface area contributed by atoms with Crippen molar-refractivity contribution >= 4 is 23.3 Å². The molecule has 1 saturated carbocycles. The van der Waals surface area contributed by atoms with Crippen LogP contribution >= 0.6 is 0 Å². The largest absolute Gasteiger partial charge is 0.490 e. The zero-order valence-electron chi connectivity index (χ0n) is 20.9. The lowest BCUT2D eigenvalue weighted by Gasteiger charge is -2.23. The van der Waals surface area contributed by atoms with Gasteiger partial charge in [0.2, 0.25) is 5.91 Å². The van der Waals surface area contributed by atoms with Crippen LogP contribution in [0.5, 0.6) is 17.2 Å². The number of hydrogen-bond donors (Lipinski definition) is 0. The second-order valence-electron chi connectivity index (χ2n) is 9.02. The molecule has 6 heteroatoms. The highest BCUT2D eigenvalue weighted by Gasteiger charge is 2.21. The van der Waals surface area contributed by atoms with Crippen LogP contribution in [0.25, 0.3) is 0 Å². The molecule has 0 spiro atoms. The van der Waals surface area contributed by atoms with E-state index in [1.165, 1.54) is 51.0 Å². The molecule has 6 nitrogen and oxygen atoms in total. The third-order valence-corrected chi connectivity index (χ3v) is 6.37. The third-order valence-electron chi connectivity index (χ3n) is 6.37. The van der Waals surface area contributed by atoms with E-state index >= 15 is 0 Å². The minimum absolute atomic E-state index is 0.222. The van der Waals surface area contributed by atoms with Crippen LogP contribution < -0.4 is 14.4 Å². The predicted molar refractivity (Wildman–Crippen MR) is 140 cm³/mol. The molecule has 4 rings (SSSR count). The van der Waals surface area contributed by atoms with Gasteiger partial charge < -0.3 is 14.2 Å². The molecule has 3 aromatic carbocycles. The maximum atomic E-state index is 12.5. The minimum Gasteiger partial charge on any atom is -0.490 e. The van der Waals surface area contributed by atoms with Crippen molar-refractivity contribution in [2.45, 2.75) is 58.0 Å². The Balaban J connectivity index is 1.44. The van der Waals surface area contributed by atoms with E-state index in [4.69, 9.17) is 14.2 Å². The molecule has 0 heterocycles. The van der Waals surface area contributed by atoms with Gasteiger partial charge in [-0.3, -0.25) is 9.69 Å². The van der Waals surface area contributed by atoms with Gasteiger partial charge in [-0.15, -0.1) is 0 Å². The molecule has 36 heavy (non-hydrogen) atoms. The summed E-state index contributed by atoms with van der Waals surface area (Å²) < 4.78 is 17.1. The number of anilines is 2. The molecule has 0 saturated heterocycles. The standard InChI is InChI=1S/C30H33NO5/c1-22(32)31(29-13-9-8-12-28(29)30(33)34-2)23-14-16-25(17-15-23)36-27-20-18-26(19-21-27)35-24-10-6-4-3-5-7-11-24/h8-9,12-21,24H,3-7,10-11H2,1-2H3. The van der Waals surface area contributed by atoms with Crippen LogP contribution in [0.15, 0.2) is 72.8 Å². The fourth-order valence-electron chi connectivity index (χ4n) is 4.56. The van der Waals surface area contributed by atoms with Crippen molar-refractivity contribution in [1.29, 1.82) is 0 Å². The lowest BCUT2D eigenvalue weighted by Crippen LogP contribution is -2.25. The summed E-state index contributed by atoms with van der Waals surface area (Å²) in [4.78, 5) is 26.2. The molecule has 0 atom stereocenters. The van der Waals surface area contributed by atoms with E-state index in [1.807, 2.05) is 24.3 Å². The smallest absolute Gasteiger partial charge is 0.339 e. The van der Waals surface area contributed by atoms with Gasteiger partial charge in [0.05, 0.1) is 24.5 Å². The molecule has 1 fully saturated rings. The van der Waals surface area contributed by atoms with Crippen molar-refractivity contribution in [3.8, 4) is 17.2 Å². The Morgan fingerprint density at radius 3 is 1.92 bits per heavy atom. The van der Waals surface area contributed by atoms with E-state index in [0.29, 0.717) is 28.4 Å². The number of hydrogen-bond acceptors (Lipinski definition) is 5. The molecule has 188 valence electrons. The van der Waals surface area contributed by atoms with Crippen LogP contribution in [0.2, 0.25) is 0 Å². The molecule has 0 N–H and O–H groups in total. The highest BCUT2D eigenvalue weighted by molar-refractivity contribution is 6.06. The van der Waals surface area contributed by atoms with Crippen molar-refractivity contribution in [3.63, 3.8) is 0 Å². The fourth-order valence-corrected chi connectivity index (χ4v) is 4.56. The zero-order valence-corrected chi connectivity index (χ0v) is 20.9. The summed E-state index contributed by atoms with van der Waals surface area (Å²) in [6, 6.07) is 21.7. The molecule has 0 aliphatic heterocycles. The molecule has 1 aliphatic rings. The van der Waals surface area contributed by atoms with Crippen LogP contribution in [-0.2, 0) is 9.53 Å². The number of ether oxygens (including phenoxy) is 3. The summed E-state index contributed by atoms with van der Waals surface area (Å²) in [6.07, 6.45) is 8.93. The first-order valence-electron chi connectivity index (χ1n) is 12.6. The fraction of sp³-hybridized carbons (Fsp3) is 0.333. The topological polar surface area (TPSA) is 65.1 Å². The number of carbonyl (C=O) groups excluding carboxylic acids is 2. The van der Waals surface area contributed by atoms with Crippen molar-refractivity contribution in [2.24, 2.45) is 0 Å². The summed E-state index contributed by atoms with van der Waals surface area (Å²) in [7, 11) is 1.32. The number of para-hydroxylation sites is 1. The Labute approximate surface area is 212 Å². The summed E-state index contributed by atoms with van der Waals surface area (Å²) in [5, 5.41) is 0. The lowest BCUT2D eigenvalue weighted by molar-refractivity contribution is -0.115. The first-order valence-corrected chi connectivity index (χ1v) is 12.6. The lowest BCUT2D eigenvalue weighted by atomic mass is 9.98. The van der Waals surface area contributed by atoms with Crippen LogP contribution in [-0.4, -0.2) is 25.1 Å². The van der Waals surface area contributed by atoms with E-state index in [1.54, 1.807) is 48.5 Å². The Kier molecular flexibility index (Phi) is 8.61. The number of esters is 1. The minimum atomic E-state index is -0.501. The van der Waals surface area contributed by atoms with E-state index < -0.39 is 5.97 Å². The Morgan fingerprint density at radius 2 is 1.31 bits per heavy atom. The molecule has 0 aromatic heterocycles. The van der Waals surface area contributed by atoms with Gasteiger partial charge in [0.15, 0.2) is 0 Å². The summed E-state index contributed by atoms with van der Waals surface area (Å²) >= 11 is 0. The van der Waals surface area contributed by atoms with Crippen LogP contribution in [0.1, 0.15) is 62.2 Å². The van der Waals surface area contributed by atoms with Gasteiger partial charge in [-0.05, 0) is 86.3 Å². The number of methoxy groups -OCH3 is 1. The maximum Gasteiger partial charge on any atom is 0.339 e. The monoisotopic (exact) mass is 487 g/mol. The number of benzene rings is 3. The van der Waals surface area contributed by atoms with Gasteiger partial charge in [0.1, 0.15) is 17.2 Å². The van der Waals surface area contributed by atoms with Gasteiger partial charge in [-0.25, -0.2) is 4.79 Å². The highest BCUT2D eigenvalue weighted by atomic mass is 16.5. The molecular formula is C30H33NO5. The molecule has 1 amide bonds. The second kappa shape index (κ2) is 12.2. The van der Waals surface area contributed by atoms with Gasteiger partial charge in [-0.2, -0.15) is 0 Å². The number of nitrogens with zero attached hydrogens (tertiary/aromatic N) is 1.